The van der Waals surface area contributed by atoms with Crippen LogP contribution in [0.4, 0.5) is 5.69 Å². The molecule has 0 fully saturated rings. The first-order valence-electron chi connectivity index (χ1n) is 7.59. The van der Waals surface area contributed by atoms with E-state index in [0.717, 1.165) is 6.42 Å². The van der Waals surface area contributed by atoms with Crippen LogP contribution in [-0.2, 0) is 4.79 Å². The Labute approximate surface area is 134 Å². The SMILES string of the molecule is CCCC(=O)Nc1ccc(C2=C(O)c3ccccc3C2=O)cc1. The third kappa shape index (κ3) is 2.75. The Bertz CT molecular complexity index is 804. The first-order chi connectivity index (χ1) is 11.1. The summed E-state index contributed by atoms with van der Waals surface area (Å²) in [4.78, 5) is 24.1. The fourth-order valence-electron chi connectivity index (χ4n) is 2.70. The molecule has 4 nitrogen and oxygen atoms in total. The summed E-state index contributed by atoms with van der Waals surface area (Å²) in [6, 6.07) is 13.9. The Hall–Kier alpha value is -2.88. The van der Waals surface area contributed by atoms with E-state index in [1.165, 1.54) is 0 Å². The van der Waals surface area contributed by atoms with Crippen molar-refractivity contribution in [1.29, 1.82) is 0 Å². The lowest BCUT2D eigenvalue weighted by Gasteiger charge is -2.06. The third-order valence-electron chi connectivity index (χ3n) is 3.83. The van der Waals surface area contributed by atoms with Crippen molar-refractivity contribution in [1.82, 2.24) is 0 Å². The summed E-state index contributed by atoms with van der Waals surface area (Å²) in [5.41, 5.74) is 2.69. The van der Waals surface area contributed by atoms with Gasteiger partial charge in [-0.3, -0.25) is 9.59 Å². The maximum absolute atomic E-state index is 12.5. The number of amides is 1. The van der Waals surface area contributed by atoms with E-state index >= 15 is 0 Å². The minimum atomic E-state index is -0.180. The second-order valence-corrected chi connectivity index (χ2v) is 5.47. The Kier molecular flexibility index (Phi) is 3.98. The number of aliphatic hydroxyl groups excluding tert-OH is 1. The number of nitrogens with one attached hydrogen (secondary N) is 1. The number of ketones is 1. The standard InChI is InChI=1S/C19H17NO3/c1-2-5-16(21)20-13-10-8-12(9-11-13)17-18(22)14-6-3-4-7-15(14)19(17)23/h3-4,6-11,22H,2,5H2,1H3,(H,20,21). The lowest BCUT2D eigenvalue weighted by molar-refractivity contribution is -0.116. The van der Waals surface area contributed by atoms with Crippen LogP contribution in [0.2, 0.25) is 0 Å². The van der Waals surface area contributed by atoms with Gasteiger partial charge in [-0.05, 0) is 24.1 Å². The molecule has 0 aliphatic heterocycles. The number of carbonyl (C=O) groups excluding carboxylic acids is 2. The summed E-state index contributed by atoms with van der Waals surface area (Å²) < 4.78 is 0. The van der Waals surface area contributed by atoms with Crippen LogP contribution >= 0.6 is 0 Å². The highest BCUT2D eigenvalue weighted by Gasteiger charge is 2.30. The van der Waals surface area contributed by atoms with Gasteiger partial charge in [-0.25, -0.2) is 0 Å². The van der Waals surface area contributed by atoms with Crippen molar-refractivity contribution in [3.8, 4) is 0 Å². The number of rotatable bonds is 4. The van der Waals surface area contributed by atoms with E-state index in [0.29, 0.717) is 34.4 Å². The number of Topliss-reactive ketones (excluding diaryl/α,β-unsaturated/α-hetero) is 1. The first-order valence-corrected chi connectivity index (χ1v) is 7.59. The molecular weight excluding hydrogens is 290 g/mol. The maximum atomic E-state index is 12.5. The molecular formula is C19H17NO3. The van der Waals surface area contributed by atoms with Crippen molar-refractivity contribution in [3.05, 3.63) is 65.2 Å². The molecule has 4 heteroatoms. The second kappa shape index (κ2) is 6.08. The van der Waals surface area contributed by atoms with Gasteiger partial charge in [0.2, 0.25) is 5.91 Å². The molecule has 2 N–H and O–H groups in total. The van der Waals surface area contributed by atoms with Crippen LogP contribution < -0.4 is 5.32 Å². The van der Waals surface area contributed by atoms with Crippen LogP contribution in [0.15, 0.2) is 48.5 Å². The van der Waals surface area contributed by atoms with E-state index in [4.69, 9.17) is 0 Å². The van der Waals surface area contributed by atoms with Gasteiger partial charge >= 0.3 is 0 Å². The minimum Gasteiger partial charge on any atom is -0.507 e. The largest absolute Gasteiger partial charge is 0.507 e. The zero-order valence-corrected chi connectivity index (χ0v) is 12.8. The predicted molar refractivity (Wildman–Crippen MR) is 90.2 cm³/mol. The number of hydrogen-bond acceptors (Lipinski definition) is 3. The number of fused-ring (bicyclic) bond motifs is 1. The average Bonchev–Trinajstić information content (AvgIpc) is 2.81. The van der Waals surface area contributed by atoms with E-state index in [-0.39, 0.29) is 17.4 Å². The molecule has 0 radical (unpaired) electrons. The molecule has 2 aromatic rings. The van der Waals surface area contributed by atoms with Crippen LogP contribution in [0.25, 0.3) is 11.3 Å². The molecule has 0 bridgehead atoms. The van der Waals surface area contributed by atoms with Crippen LogP contribution in [0.1, 0.15) is 41.3 Å². The van der Waals surface area contributed by atoms with Gasteiger partial charge in [-0.15, -0.1) is 0 Å². The zero-order chi connectivity index (χ0) is 16.4. The van der Waals surface area contributed by atoms with Crippen molar-refractivity contribution in [3.63, 3.8) is 0 Å². The van der Waals surface area contributed by atoms with Crippen molar-refractivity contribution in [2.75, 3.05) is 5.32 Å². The lowest BCUT2D eigenvalue weighted by atomic mass is 10.0. The van der Waals surface area contributed by atoms with E-state index in [1.807, 2.05) is 6.92 Å². The van der Waals surface area contributed by atoms with Gasteiger partial charge in [-0.1, -0.05) is 43.3 Å². The molecule has 2 aromatic carbocycles. The van der Waals surface area contributed by atoms with E-state index < -0.39 is 0 Å². The zero-order valence-electron chi connectivity index (χ0n) is 12.8. The van der Waals surface area contributed by atoms with Gasteiger partial charge in [0, 0.05) is 23.2 Å². The molecule has 0 saturated carbocycles. The van der Waals surface area contributed by atoms with E-state index in [1.54, 1.807) is 48.5 Å². The third-order valence-corrected chi connectivity index (χ3v) is 3.83. The number of allylic oxidation sites excluding steroid dienone is 1. The lowest BCUT2D eigenvalue weighted by Crippen LogP contribution is -2.10. The van der Waals surface area contributed by atoms with Crippen molar-refractivity contribution in [2.24, 2.45) is 0 Å². The summed E-state index contributed by atoms with van der Waals surface area (Å²) in [7, 11) is 0. The molecule has 1 aliphatic carbocycles. The number of aliphatic hydroxyl groups is 1. The van der Waals surface area contributed by atoms with Gasteiger partial charge in [0.25, 0.3) is 0 Å². The summed E-state index contributed by atoms with van der Waals surface area (Å²) in [6.07, 6.45) is 1.26. The summed E-state index contributed by atoms with van der Waals surface area (Å²) in [5, 5.41) is 13.1. The van der Waals surface area contributed by atoms with Crippen LogP contribution in [-0.4, -0.2) is 16.8 Å². The van der Waals surface area contributed by atoms with Gasteiger partial charge in [0.1, 0.15) is 5.76 Å². The normalized spacial score (nSPS) is 13.2. The molecule has 0 unspecified atom stereocenters. The number of anilines is 1. The fraction of sp³-hybridized carbons (Fsp3) is 0.158. The molecule has 0 heterocycles. The topological polar surface area (TPSA) is 66.4 Å². The van der Waals surface area contributed by atoms with Crippen LogP contribution in [0.3, 0.4) is 0 Å². The summed E-state index contributed by atoms with van der Waals surface area (Å²) in [6.45, 7) is 1.95. The number of carbonyl (C=O) groups is 2. The molecule has 0 aromatic heterocycles. The average molecular weight is 307 g/mol. The Morgan fingerprint density at radius 3 is 2.30 bits per heavy atom. The van der Waals surface area contributed by atoms with Gasteiger partial charge in [-0.2, -0.15) is 0 Å². The van der Waals surface area contributed by atoms with Crippen molar-refractivity contribution >= 4 is 28.7 Å². The number of benzene rings is 2. The Balaban J connectivity index is 1.88. The van der Waals surface area contributed by atoms with E-state index in [2.05, 4.69) is 5.32 Å². The Morgan fingerprint density at radius 1 is 1.04 bits per heavy atom. The molecule has 0 atom stereocenters. The molecule has 23 heavy (non-hydrogen) atoms. The second-order valence-electron chi connectivity index (χ2n) is 5.47. The summed E-state index contributed by atoms with van der Waals surface area (Å²) in [5.74, 6) is -0.208. The van der Waals surface area contributed by atoms with Crippen LogP contribution in [0, 0.1) is 0 Å². The molecule has 3 rings (SSSR count). The minimum absolute atomic E-state index is 0.00775. The summed E-state index contributed by atoms with van der Waals surface area (Å²) >= 11 is 0. The van der Waals surface area contributed by atoms with E-state index in [9.17, 15) is 14.7 Å². The molecule has 116 valence electrons. The highest BCUT2D eigenvalue weighted by molar-refractivity contribution is 6.38. The quantitative estimate of drug-likeness (QED) is 0.895. The first kappa shape index (κ1) is 15.0. The van der Waals surface area contributed by atoms with Gasteiger partial charge < -0.3 is 10.4 Å². The fourth-order valence-corrected chi connectivity index (χ4v) is 2.70. The van der Waals surface area contributed by atoms with Crippen molar-refractivity contribution < 1.29 is 14.7 Å². The van der Waals surface area contributed by atoms with Crippen LogP contribution in [0.5, 0.6) is 0 Å². The number of hydrogen-bond donors (Lipinski definition) is 2. The maximum Gasteiger partial charge on any atom is 0.224 e. The smallest absolute Gasteiger partial charge is 0.224 e. The van der Waals surface area contributed by atoms with Gasteiger partial charge in [0.15, 0.2) is 5.78 Å². The molecule has 1 aliphatic rings. The highest BCUT2D eigenvalue weighted by Crippen LogP contribution is 2.36. The monoisotopic (exact) mass is 307 g/mol. The Morgan fingerprint density at radius 2 is 1.70 bits per heavy atom. The van der Waals surface area contributed by atoms with Crippen molar-refractivity contribution in [2.45, 2.75) is 19.8 Å². The molecule has 0 spiro atoms. The molecule has 1 amide bonds. The highest BCUT2D eigenvalue weighted by atomic mass is 16.3. The molecule has 0 saturated heterocycles. The predicted octanol–water partition coefficient (Wildman–Crippen LogP) is 4.05. The van der Waals surface area contributed by atoms with Gasteiger partial charge in [0.05, 0.1) is 5.57 Å².